The quantitative estimate of drug-likeness (QED) is 0.299. The first-order valence-electron chi connectivity index (χ1n) is 13.8. The summed E-state index contributed by atoms with van der Waals surface area (Å²) < 4.78 is 11.9. The first-order valence-corrected chi connectivity index (χ1v) is 14.2. The fraction of sp³-hybridized carbons (Fsp3) is 0.429. The summed E-state index contributed by atoms with van der Waals surface area (Å²) in [6.45, 7) is 4.49. The maximum atomic E-state index is 14.0. The number of piperidine rings is 1. The third-order valence-electron chi connectivity index (χ3n) is 7.39. The molecule has 12 nitrogen and oxygen atoms in total. The fourth-order valence-corrected chi connectivity index (χ4v) is 5.56. The molecule has 1 atom stereocenters. The van der Waals surface area contributed by atoms with Crippen LogP contribution in [0, 0.1) is 6.92 Å². The molecule has 3 aromatic heterocycles. The van der Waals surface area contributed by atoms with Gasteiger partial charge in [0.2, 0.25) is 23.6 Å². The molecule has 41 heavy (non-hydrogen) atoms. The van der Waals surface area contributed by atoms with E-state index in [9.17, 15) is 9.59 Å². The van der Waals surface area contributed by atoms with E-state index in [1.165, 1.54) is 4.57 Å². The summed E-state index contributed by atoms with van der Waals surface area (Å²) in [6, 6.07) is 7.11. The van der Waals surface area contributed by atoms with Gasteiger partial charge in [-0.25, -0.2) is 4.98 Å². The highest BCUT2D eigenvalue weighted by atomic mass is 35.5. The Kier molecular flexibility index (Phi) is 7.95. The smallest absolute Gasteiger partial charge is 0.260 e. The average molecular weight is 579 g/mol. The van der Waals surface area contributed by atoms with Crippen molar-refractivity contribution in [2.45, 2.75) is 51.2 Å². The van der Waals surface area contributed by atoms with Gasteiger partial charge in [-0.15, -0.1) is 0 Å². The predicted molar refractivity (Wildman–Crippen MR) is 154 cm³/mol. The molecule has 0 bridgehead atoms. The zero-order chi connectivity index (χ0) is 28.3. The molecule has 4 aromatic rings. The predicted octanol–water partition coefficient (Wildman–Crippen LogP) is 2.93. The van der Waals surface area contributed by atoms with Gasteiger partial charge in [0.05, 0.1) is 0 Å². The Labute approximate surface area is 240 Å². The van der Waals surface area contributed by atoms with Crippen LogP contribution in [-0.2, 0) is 16.1 Å². The Morgan fingerprint density at radius 3 is 2.73 bits per heavy atom. The number of hydrogen-bond donors (Lipinski definition) is 3. The molecule has 5 heterocycles. The minimum Gasteiger partial charge on any atom is -0.381 e. The van der Waals surface area contributed by atoms with Crippen LogP contribution in [0.1, 0.15) is 31.6 Å². The number of nitrogens with one attached hydrogen (secondary N) is 3. The van der Waals surface area contributed by atoms with E-state index in [0.29, 0.717) is 70.2 Å². The molecule has 0 aliphatic carbocycles. The second kappa shape index (κ2) is 11.9. The van der Waals surface area contributed by atoms with E-state index in [1.54, 1.807) is 37.4 Å². The van der Waals surface area contributed by atoms with Gasteiger partial charge in [-0.1, -0.05) is 28.9 Å². The summed E-state index contributed by atoms with van der Waals surface area (Å²) in [5.41, 5.74) is 1.49. The number of aryl methyl sites for hydroxylation is 1. The lowest BCUT2D eigenvalue weighted by atomic mass is 10.0. The summed E-state index contributed by atoms with van der Waals surface area (Å²) in [6.07, 6.45) is 5.20. The minimum absolute atomic E-state index is 0.0116. The molecule has 1 amide bonds. The number of ether oxygens (including phenoxy) is 1. The van der Waals surface area contributed by atoms with Crippen LogP contribution in [0.2, 0.25) is 5.02 Å². The highest BCUT2D eigenvalue weighted by Crippen LogP contribution is 2.31. The number of hydrogen-bond acceptors (Lipinski definition) is 10. The van der Waals surface area contributed by atoms with E-state index in [-0.39, 0.29) is 30.1 Å². The van der Waals surface area contributed by atoms with Crippen LogP contribution in [0.3, 0.4) is 0 Å². The monoisotopic (exact) mass is 578 g/mol. The Bertz CT molecular complexity index is 1630. The average Bonchev–Trinajstić information content (AvgIpc) is 3.42. The van der Waals surface area contributed by atoms with Gasteiger partial charge in [-0.3, -0.25) is 14.2 Å². The fourth-order valence-electron chi connectivity index (χ4n) is 5.27. The zero-order valence-corrected chi connectivity index (χ0v) is 23.4. The van der Waals surface area contributed by atoms with Crippen molar-refractivity contribution in [1.82, 2.24) is 35.3 Å². The molecular formula is C28H31ClN8O4. The number of fused-ring (bicyclic) bond motifs is 1. The molecular weight excluding hydrogens is 548 g/mol. The van der Waals surface area contributed by atoms with Crippen LogP contribution >= 0.6 is 11.6 Å². The second-order valence-electron chi connectivity index (χ2n) is 10.4. The summed E-state index contributed by atoms with van der Waals surface area (Å²) in [5, 5.41) is 14.6. The van der Waals surface area contributed by atoms with Crippen molar-refractivity contribution in [1.29, 1.82) is 0 Å². The van der Waals surface area contributed by atoms with E-state index >= 15 is 0 Å². The number of carbonyl (C=O) groups excluding carboxylic acids is 1. The number of nitrogens with zero attached hydrogens (tertiary/aromatic N) is 5. The summed E-state index contributed by atoms with van der Waals surface area (Å²) in [7, 11) is 0. The summed E-state index contributed by atoms with van der Waals surface area (Å²) in [4.78, 5) is 40.6. The molecule has 1 unspecified atom stereocenters. The molecule has 2 fully saturated rings. The molecule has 13 heteroatoms. The van der Waals surface area contributed by atoms with Gasteiger partial charge in [-0.2, -0.15) is 9.97 Å². The van der Waals surface area contributed by atoms with Crippen molar-refractivity contribution in [2.75, 3.05) is 31.6 Å². The maximum absolute atomic E-state index is 14.0. The van der Waals surface area contributed by atoms with Crippen molar-refractivity contribution in [3.8, 4) is 22.5 Å². The largest absolute Gasteiger partial charge is 0.381 e. The van der Waals surface area contributed by atoms with Crippen LogP contribution in [-0.4, -0.2) is 69.0 Å². The summed E-state index contributed by atoms with van der Waals surface area (Å²) in [5.74, 6) is 0.981. The molecule has 1 aromatic carbocycles. The summed E-state index contributed by atoms with van der Waals surface area (Å²) >= 11 is 6.69. The number of aromatic nitrogens is 5. The zero-order valence-electron chi connectivity index (χ0n) is 22.7. The Hall–Kier alpha value is -3.87. The van der Waals surface area contributed by atoms with E-state index in [1.807, 2.05) is 0 Å². The van der Waals surface area contributed by atoms with Crippen LogP contribution in [0.15, 0.2) is 39.8 Å². The number of anilines is 1. The Morgan fingerprint density at radius 1 is 1.15 bits per heavy atom. The standard InChI is InChI=1S/C28H31ClN8O4/c1-16-32-25(36-41-16)17-4-5-21(23(29)12-17)22-11-18-13-31-28(34-19-6-9-40-10-7-19)35-26(18)37(27(22)39)15-24(38)33-20-3-2-8-30-14-20/h4-5,11-13,19-20,30H,2-3,6-10,14-15H2,1H3,(H,33,38)(H,31,34,35). The maximum Gasteiger partial charge on any atom is 0.260 e. The number of carbonyl (C=O) groups is 1. The van der Waals surface area contributed by atoms with Crippen molar-refractivity contribution in [3.63, 3.8) is 0 Å². The van der Waals surface area contributed by atoms with Gasteiger partial charge in [-0.05, 0) is 44.4 Å². The number of halogens is 1. The van der Waals surface area contributed by atoms with Gasteiger partial charge in [0.15, 0.2) is 0 Å². The van der Waals surface area contributed by atoms with Gasteiger partial charge in [0, 0.05) is 72.1 Å². The van der Waals surface area contributed by atoms with Gasteiger partial charge >= 0.3 is 0 Å². The van der Waals surface area contributed by atoms with E-state index in [0.717, 1.165) is 32.2 Å². The topological polar surface area (TPSA) is 149 Å². The lowest BCUT2D eigenvalue weighted by Crippen LogP contribution is -2.47. The third kappa shape index (κ3) is 6.09. The molecule has 0 radical (unpaired) electrons. The van der Waals surface area contributed by atoms with Crippen molar-refractivity contribution in [3.05, 3.63) is 51.7 Å². The molecule has 6 rings (SSSR count). The third-order valence-corrected chi connectivity index (χ3v) is 7.70. The van der Waals surface area contributed by atoms with E-state index in [4.69, 9.17) is 25.8 Å². The Balaban J connectivity index is 1.38. The molecule has 0 spiro atoms. The lowest BCUT2D eigenvalue weighted by Gasteiger charge is -2.24. The highest BCUT2D eigenvalue weighted by molar-refractivity contribution is 6.33. The lowest BCUT2D eigenvalue weighted by molar-refractivity contribution is -0.122. The van der Waals surface area contributed by atoms with Crippen LogP contribution < -0.4 is 21.5 Å². The van der Waals surface area contributed by atoms with Crippen molar-refractivity contribution in [2.24, 2.45) is 0 Å². The molecule has 3 N–H and O–H groups in total. The van der Waals surface area contributed by atoms with Crippen LogP contribution in [0.25, 0.3) is 33.5 Å². The second-order valence-corrected chi connectivity index (χ2v) is 10.8. The minimum atomic E-state index is -0.379. The molecule has 2 aliphatic heterocycles. The highest BCUT2D eigenvalue weighted by Gasteiger charge is 2.21. The van der Waals surface area contributed by atoms with Gasteiger partial charge in [0.1, 0.15) is 12.2 Å². The Morgan fingerprint density at radius 2 is 2.00 bits per heavy atom. The number of amides is 1. The van der Waals surface area contributed by atoms with E-state index in [2.05, 4.69) is 31.1 Å². The normalized spacial score (nSPS) is 18.0. The molecule has 2 aliphatic rings. The van der Waals surface area contributed by atoms with Crippen LogP contribution in [0.4, 0.5) is 5.95 Å². The molecule has 214 valence electrons. The van der Waals surface area contributed by atoms with Gasteiger partial charge in [0.25, 0.3) is 5.56 Å². The molecule has 2 saturated heterocycles. The SMILES string of the molecule is Cc1nc(-c2ccc(-c3cc4cnc(NC5CCOCC5)nc4n(CC(=O)NC4CCCNC4)c3=O)c(Cl)c2)no1. The number of pyridine rings is 1. The molecule has 0 saturated carbocycles. The first-order chi connectivity index (χ1) is 19.9. The van der Waals surface area contributed by atoms with E-state index < -0.39 is 0 Å². The van der Waals surface area contributed by atoms with Crippen molar-refractivity contribution >= 4 is 34.5 Å². The number of rotatable bonds is 7. The van der Waals surface area contributed by atoms with Gasteiger partial charge < -0.3 is 25.2 Å². The first kappa shape index (κ1) is 27.3. The van der Waals surface area contributed by atoms with Crippen LogP contribution in [0.5, 0.6) is 0 Å². The van der Waals surface area contributed by atoms with Crippen molar-refractivity contribution < 1.29 is 14.1 Å². The number of benzene rings is 1.